The zero-order chi connectivity index (χ0) is 9.38. The molecule has 0 spiro atoms. The Morgan fingerprint density at radius 3 is 1.57 bits per heavy atom. The van der Waals surface area contributed by atoms with Gasteiger partial charge in [0.25, 0.3) is 0 Å². The number of rotatable bonds is 2. The van der Waals surface area contributed by atoms with E-state index in [0.29, 0.717) is 0 Å². The summed E-state index contributed by atoms with van der Waals surface area (Å²) >= 11 is 3.71. The maximum absolute atomic E-state index is 2.23. The minimum Gasteiger partial charge on any atom is -0.144 e. The van der Waals surface area contributed by atoms with E-state index in [1.807, 2.05) is 22.7 Å². The highest BCUT2D eigenvalue weighted by Crippen LogP contribution is 2.44. The van der Waals surface area contributed by atoms with Crippen LogP contribution in [-0.2, 0) is 0 Å². The third-order valence-electron chi connectivity index (χ3n) is 2.63. The molecule has 0 aliphatic heterocycles. The van der Waals surface area contributed by atoms with Crippen molar-refractivity contribution in [3.8, 4) is 0 Å². The molecular formula is C12H10S2. The fourth-order valence-electron chi connectivity index (χ4n) is 1.82. The van der Waals surface area contributed by atoms with E-state index < -0.39 is 0 Å². The molecule has 2 heterocycles. The molecule has 3 rings (SSSR count). The van der Waals surface area contributed by atoms with Gasteiger partial charge < -0.3 is 0 Å². The molecule has 2 aromatic heterocycles. The SMILES string of the molecule is c1csc(C2=C(c3cccs3)CC2)c1. The van der Waals surface area contributed by atoms with E-state index in [1.165, 1.54) is 22.6 Å². The quantitative estimate of drug-likeness (QED) is 0.695. The van der Waals surface area contributed by atoms with Crippen molar-refractivity contribution >= 4 is 33.8 Å². The molecule has 2 heteroatoms. The van der Waals surface area contributed by atoms with Crippen molar-refractivity contribution in [1.82, 2.24) is 0 Å². The highest BCUT2D eigenvalue weighted by Gasteiger charge is 2.20. The normalized spacial score (nSPS) is 15.7. The first kappa shape index (κ1) is 8.45. The van der Waals surface area contributed by atoms with Gasteiger partial charge in [-0.1, -0.05) is 12.1 Å². The van der Waals surface area contributed by atoms with Gasteiger partial charge in [0.2, 0.25) is 0 Å². The zero-order valence-corrected chi connectivity index (χ0v) is 9.33. The Hall–Kier alpha value is -0.860. The van der Waals surface area contributed by atoms with Gasteiger partial charge in [0.05, 0.1) is 0 Å². The average Bonchev–Trinajstić information content (AvgIpc) is 2.73. The third kappa shape index (κ3) is 1.26. The molecule has 2 aromatic rings. The average molecular weight is 218 g/mol. The van der Waals surface area contributed by atoms with Crippen LogP contribution in [0.1, 0.15) is 22.6 Å². The third-order valence-corrected chi connectivity index (χ3v) is 4.49. The first-order valence-corrected chi connectivity index (χ1v) is 6.51. The van der Waals surface area contributed by atoms with Gasteiger partial charge >= 0.3 is 0 Å². The highest BCUT2D eigenvalue weighted by atomic mass is 32.1. The standard InChI is InChI=1S/C12H10S2/c1-3-11(13-7-1)9-5-6-10(9)12-4-2-8-14-12/h1-4,7-8H,5-6H2. The van der Waals surface area contributed by atoms with Gasteiger partial charge in [0.15, 0.2) is 0 Å². The van der Waals surface area contributed by atoms with Gasteiger partial charge in [0.1, 0.15) is 0 Å². The summed E-state index contributed by atoms with van der Waals surface area (Å²) in [5, 5.41) is 4.32. The van der Waals surface area contributed by atoms with Crippen molar-refractivity contribution < 1.29 is 0 Å². The van der Waals surface area contributed by atoms with Crippen LogP contribution in [0.25, 0.3) is 11.1 Å². The lowest BCUT2D eigenvalue weighted by Crippen LogP contribution is -1.99. The van der Waals surface area contributed by atoms with Gasteiger partial charge in [-0.2, -0.15) is 0 Å². The summed E-state index contributed by atoms with van der Waals surface area (Å²) in [6.45, 7) is 0. The molecule has 0 aromatic carbocycles. The number of allylic oxidation sites excluding steroid dienone is 2. The largest absolute Gasteiger partial charge is 0.144 e. The van der Waals surface area contributed by atoms with E-state index in [1.54, 1.807) is 11.1 Å². The summed E-state index contributed by atoms with van der Waals surface area (Å²) < 4.78 is 0. The van der Waals surface area contributed by atoms with E-state index in [4.69, 9.17) is 0 Å². The van der Waals surface area contributed by atoms with Gasteiger partial charge in [-0.3, -0.25) is 0 Å². The van der Waals surface area contributed by atoms with Gasteiger partial charge in [0, 0.05) is 9.75 Å². The summed E-state index contributed by atoms with van der Waals surface area (Å²) in [4.78, 5) is 2.92. The van der Waals surface area contributed by atoms with Crippen LogP contribution in [-0.4, -0.2) is 0 Å². The molecule has 0 N–H and O–H groups in total. The van der Waals surface area contributed by atoms with Crippen LogP contribution in [0.2, 0.25) is 0 Å². The Bertz CT molecular complexity index is 402. The maximum atomic E-state index is 2.23. The van der Waals surface area contributed by atoms with Crippen molar-refractivity contribution in [1.29, 1.82) is 0 Å². The van der Waals surface area contributed by atoms with Gasteiger partial charge in [-0.15, -0.1) is 22.7 Å². The zero-order valence-electron chi connectivity index (χ0n) is 7.69. The number of hydrogen-bond donors (Lipinski definition) is 0. The molecule has 1 aliphatic rings. The van der Waals surface area contributed by atoms with E-state index >= 15 is 0 Å². The lowest BCUT2D eigenvalue weighted by atomic mass is 9.86. The maximum Gasteiger partial charge on any atom is 0.0305 e. The minimum atomic E-state index is 1.26. The molecule has 0 radical (unpaired) electrons. The van der Waals surface area contributed by atoms with Crippen LogP contribution in [0.5, 0.6) is 0 Å². The second kappa shape index (κ2) is 3.37. The fraction of sp³-hybridized carbons (Fsp3) is 0.167. The van der Waals surface area contributed by atoms with Crippen LogP contribution in [0.3, 0.4) is 0 Å². The van der Waals surface area contributed by atoms with Gasteiger partial charge in [-0.25, -0.2) is 0 Å². The van der Waals surface area contributed by atoms with Crippen LogP contribution in [0.4, 0.5) is 0 Å². The summed E-state index contributed by atoms with van der Waals surface area (Å²) in [5.41, 5.74) is 3.14. The summed E-state index contributed by atoms with van der Waals surface area (Å²) in [6.07, 6.45) is 2.52. The minimum absolute atomic E-state index is 1.26. The fourth-order valence-corrected chi connectivity index (χ4v) is 3.48. The lowest BCUT2D eigenvalue weighted by Gasteiger charge is -2.22. The molecule has 0 fully saturated rings. The topological polar surface area (TPSA) is 0 Å². The van der Waals surface area contributed by atoms with Crippen LogP contribution < -0.4 is 0 Å². The van der Waals surface area contributed by atoms with Crippen molar-refractivity contribution in [2.45, 2.75) is 12.8 Å². The van der Waals surface area contributed by atoms with Crippen molar-refractivity contribution in [3.05, 3.63) is 44.8 Å². The Labute approximate surface area is 91.5 Å². The number of hydrogen-bond acceptors (Lipinski definition) is 2. The molecule has 70 valence electrons. The Balaban J connectivity index is 2.06. The Kier molecular flexibility index (Phi) is 2.03. The number of thiophene rings is 2. The molecule has 1 aliphatic carbocycles. The van der Waals surface area contributed by atoms with Gasteiger partial charge in [-0.05, 0) is 46.9 Å². The molecule has 0 saturated carbocycles. The molecule has 0 saturated heterocycles. The van der Waals surface area contributed by atoms with Crippen LogP contribution >= 0.6 is 22.7 Å². The molecule has 0 atom stereocenters. The smallest absolute Gasteiger partial charge is 0.0305 e. The molecule has 0 bridgehead atoms. The molecule has 0 unspecified atom stereocenters. The van der Waals surface area contributed by atoms with Crippen molar-refractivity contribution in [3.63, 3.8) is 0 Å². The molecular weight excluding hydrogens is 208 g/mol. The van der Waals surface area contributed by atoms with Crippen molar-refractivity contribution in [2.75, 3.05) is 0 Å². The monoisotopic (exact) mass is 218 g/mol. The lowest BCUT2D eigenvalue weighted by molar-refractivity contribution is 1.02. The summed E-state index contributed by atoms with van der Waals surface area (Å²) in [7, 11) is 0. The van der Waals surface area contributed by atoms with E-state index in [0.717, 1.165) is 0 Å². The molecule has 14 heavy (non-hydrogen) atoms. The van der Waals surface area contributed by atoms with E-state index in [-0.39, 0.29) is 0 Å². The predicted octanol–water partition coefficient (Wildman–Crippen LogP) is 4.51. The van der Waals surface area contributed by atoms with Crippen molar-refractivity contribution in [2.24, 2.45) is 0 Å². The second-order valence-electron chi connectivity index (χ2n) is 3.41. The summed E-state index contributed by atoms with van der Waals surface area (Å²) in [5.74, 6) is 0. The van der Waals surface area contributed by atoms with Crippen LogP contribution in [0, 0.1) is 0 Å². The first-order chi connectivity index (χ1) is 6.95. The molecule has 0 nitrogen and oxygen atoms in total. The van der Waals surface area contributed by atoms with E-state index in [2.05, 4.69) is 35.0 Å². The predicted molar refractivity (Wildman–Crippen MR) is 64.7 cm³/mol. The van der Waals surface area contributed by atoms with Crippen LogP contribution in [0.15, 0.2) is 35.0 Å². The van der Waals surface area contributed by atoms with E-state index in [9.17, 15) is 0 Å². The highest BCUT2D eigenvalue weighted by molar-refractivity contribution is 7.12. The first-order valence-electron chi connectivity index (χ1n) is 4.75. The Morgan fingerprint density at radius 1 is 0.786 bits per heavy atom. The molecule has 0 amide bonds. The second-order valence-corrected chi connectivity index (χ2v) is 5.31. The summed E-state index contributed by atoms with van der Waals surface area (Å²) in [6, 6.07) is 8.73. The Morgan fingerprint density at radius 2 is 1.29 bits per heavy atom.